The first kappa shape index (κ1) is 25.7. The van der Waals surface area contributed by atoms with Crippen LogP contribution in [0.2, 0.25) is 5.02 Å². The Balaban J connectivity index is 1.56. The molecule has 4 rings (SSSR count). The van der Waals surface area contributed by atoms with Gasteiger partial charge in [0.05, 0.1) is 22.9 Å². The first-order chi connectivity index (χ1) is 17.3. The Kier molecular flexibility index (Phi) is 8.26. The fraction of sp³-hybridized carbons (Fsp3) is 0.292. The number of carbonyl (C=O) groups is 2. The lowest BCUT2D eigenvalue weighted by Gasteiger charge is -2.25. The number of hydrogen-bond donors (Lipinski definition) is 3. The highest BCUT2D eigenvalue weighted by Gasteiger charge is 2.32. The molecule has 2 unspecified atom stereocenters. The van der Waals surface area contributed by atoms with Crippen molar-refractivity contribution in [3.05, 3.63) is 70.7 Å². The Labute approximate surface area is 214 Å². The Morgan fingerprint density at radius 1 is 1.17 bits per heavy atom. The summed E-state index contributed by atoms with van der Waals surface area (Å²) in [6.45, 7) is 3.57. The number of halogens is 1. The second-order valence-corrected chi connectivity index (χ2v) is 9.66. The summed E-state index contributed by atoms with van der Waals surface area (Å²) in [6, 6.07) is 6.20. The maximum Gasteiger partial charge on any atom is 0.277 e. The summed E-state index contributed by atoms with van der Waals surface area (Å²) in [5.41, 5.74) is 0.702. The van der Waals surface area contributed by atoms with E-state index in [2.05, 4.69) is 25.9 Å². The van der Waals surface area contributed by atoms with Crippen LogP contribution in [0.15, 0.2) is 60.0 Å². The van der Waals surface area contributed by atoms with E-state index in [0.29, 0.717) is 17.2 Å². The van der Waals surface area contributed by atoms with Gasteiger partial charge in [-0.05, 0) is 55.6 Å². The van der Waals surface area contributed by atoms with Gasteiger partial charge in [0, 0.05) is 18.9 Å². The standard InChI is InChI=1S/C24H24ClN5O5S/c1-14-4-6-17(21(22(14)36(33)34)35-13-15-8-10-26-11-15)23(31)29-18-3-2-9-27-20(18)24(32)30-19-7-5-16(25)12-28-19/h2-7,9,12,15,21,26H,8,10-11,13H2,1H3,(H,29,31)(H,28,30,32). The summed E-state index contributed by atoms with van der Waals surface area (Å²) in [4.78, 5) is 34.3. The molecule has 0 saturated carbocycles. The molecular weight excluding hydrogens is 506 g/mol. The fourth-order valence-corrected chi connectivity index (χ4v) is 4.72. The quantitative estimate of drug-likeness (QED) is 0.464. The third-order valence-corrected chi connectivity index (χ3v) is 6.88. The molecule has 3 heterocycles. The monoisotopic (exact) mass is 529 g/mol. The second kappa shape index (κ2) is 11.6. The third-order valence-electron chi connectivity index (χ3n) is 5.76. The van der Waals surface area contributed by atoms with Crippen molar-refractivity contribution in [3.8, 4) is 0 Å². The lowest BCUT2D eigenvalue weighted by atomic mass is 9.95. The molecule has 3 N–H and O–H groups in total. The van der Waals surface area contributed by atoms with Gasteiger partial charge in [-0.2, -0.15) is 8.42 Å². The number of amides is 2. The van der Waals surface area contributed by atoms with Gasteiger partial charge < -0.3 is 20.7 Å². The van der Waals surface area contributed by atoms with Crippen LogP contribution < -0.4 is 16.0 Å². The summed E-state index contributed by atoms with van der Waals surface area (Å²) in [7, 11) is -2.59. The highest BCUT2D eigenvalue weighted by molar-refractivity contribution is 7.73. The number of hydrogen-bond acceptors (Lipinski definition) is 8. The van der Waals surface area contributed by atoms with E-state index in [1.54, 1.807) is 25.1 Å². The molecule has 1 saturated heterocycles. The smallest absolute Gasteiger partial charge is 0.277 e. The molecule has 36 heavy (non-hydrogen) atoms. The molecule has 2 aliphatic rings. The average Bonchev–Trinajstić information content (AvgIpc) is 3.38. The molecule has 2 atom stereocenters. The average molecular weight is 530 g/mol. The van der Waals surface area contributed by atoms with E-state index in [0.717, 1.165) is 19.5 Å². The highest BCUT2D eigenvalue weighted by atomic mass is 35.5. The van der Waals surface area contributed by atoms with E-state index in [1.165, 1.54) is 30.6 Å². The van der Waals surface area contributed by atoms with Gasteiger partial charge in [-0.1, -0.05) is 23.8 Å². The Bertz CT molecular complexity index is 1360. The summed E-state index contributed by atoms with van der Waals surface area (Å²) in [5, 5.41) is 8.94. The van der Waals surface area contributed by atoms with Crippen molar-refractivity contribution >= 4 is 50.1 Å². The summed E-state index contributed by atoms with van der Waals surface area (Å²) in [6.07, 6.45) is 5.73. The SMILES string of the molecule is CC1=CC=C(C(=O)Nc2cccnc2C(=O)Nc2ccc(Cl)cn2)C(OCC2CCNC2)C1=S(=O)=O. The first-order valence-electron chi connectivity index (χ1n) is 11.2. The van der Waals surface area contributed by atoms with Gasteiger partial charge in [-0.3, -0.25) is 9.59 Å². The highest BCUT2D eigenvalue weighted by Crippen LogP contribution is 2.24. The first-order valence-corrected chi connectivity index (χ1v) is 12.7. The van der Waals surface area contributed by atoms with Gasteiger partial charge in [-0.15, -0.1) is 0 Å². The number of ether oxygens (including phenoxy) is 1. The Hall–Kier alpha value is -3.38. The van der Waals surface area contributed by atoms with Crippen LogP contribution in [0.3, 0.4) is 0 Å². The third kappa shape index (κ3) is 6.05. The van der Waals surface area contributed by atoms with Crippen molar-refractivity contribution in [2.45, 2.75) is 19.4 Å². The Morgan fingerprint density at radius 2 is 2.00 bits per heavy atom. The van der Waals surface area contributed by atoms with Crippen molar-refractivity contribution < 1.29 is 22.7 Å². The molecule has 0 bridgehead atoms. The van der Waals surface area contributed by atoms with E-state index in [4.69, 9.17) is 16.3 Å². The number of rotatable bonds is 7. The van der Waals surface area contributed by atoms with Crippen LogP contribution in [0.4, 0.5) is 11.5 Å². The van der Waals surface area contributed by atoms with Crippen LogP contribution in [0.5, 0.6) is 0 Å². The molecule has 1 aliphatic carbocycles. The van der Waals surface area contributed by atoms with Crippen LogP contribution in [0.1, 0.15) is 23.8 Å². The molecule has 188 valence electrons. The minimum atomic E-state index is -2.59. The molecule has 1 fully saturated rings. The number of pyridine rings is 2. The fourth-order valence-electron chi connectivity index (χ4n) is 3.91. The molecule has 10 nitrogen and oxygen atoms in total. The number of aromatic nitrogens is 2. The van der Waals surface area contributed by atoms with E-state index in [1.807, 2.05) is 0 Å². The molecule has 0 spiro atoms. The lowest BCUT2D eigenvalue weighted by Crippen LogP contribution is -2.37. The number of nitrogens with zero attached hydrogens (tertiary/aromatic N) is 2. The zero-order valence-corrected chi connectivity index (χ0v) is 20.9. The molecule has 2 amide bonds. The van der Waals surface area contributed by atoms with Crippen molar-refractivity contribution in [1.82, 2.24) is 15.3 Å². The molecule has 1 aliphatic heterocycles. The normalized spacial score (nSPS) is 19.3. The second-order valence-electron chi connectivity index (χ2n) is 8.31. The predicted molar refractivity (Wildman–Crippen MR) is 137 cm³/mol. The van der Waals surface area contributed by atoms with E-state index in [-0.39, 0.29) is 33.6 Å². The van der Waals surface area contributed by atoms with Crippen LogP contribution in [0.25, 0.3) is 0 Å². The molecule has 12 heteroatoms. The summed E-state index contributed by atoms with van der Waals surface area (Å²) < 4.78 is 30.1. The maximum atomic E-state index is 13.3. The van der Waals surface area contributed by atoms with Crippen molar-refractivity contribution in [3.63, 3.8) is 0 Å². The van der Waals surface area contributed by atoms with Crippen LogP contribution in [-0.2, 0) is 19.8 Å². The van der Waals surface area contributed by atoms with Gasteiger partial charge in [0.15, 0.2) is 5.69 Å². The maximum absolute atomic E-state index is 13.3. The summed E-state index contributed by atoms with van der Waals surface area (Å²) in [5.74, 6) is -0.724. The minimum Gasteiger partial charge on any atom is -0.367 e. The lowest BCUT2D eigenvalue weighted by molar-refractivity contribution is -0.113. The van der Waals surface area contributed by atoms with Gasteiger partial charge in [0.25, 0.3) is 11.8 Å². The van der Waals surface area contributed by atoms with Crippen LogP contribution >= 0.6 is 11.6 Å². The van der Waals surface area contributed by atoms with Crippen molar-refractivity contribution in [2.75, 3.05) is 30.3 Å². The topological polar surface area (TPSA) is 139 Å². The minimum absolute atomic E-state index is 0.00609. The number of anilines is 2. The van der Waals surface area contributed by atoms with Gasteiger partial charge in [0.2, 0.25) is 10.3 Å². The number of nitrogens with one attached hydrogen (secondary N) is 3. The van der Waals surface area contributed by atoms with Crippen molar-refractivity contribution in [1.29, 1.82) is 0 Å². The summed E-state index contributed by atoms with van der Waals surface area (Å²) >= 11 is 5.83. The number of allylic oxidation sites excluding steroid dienone is 2. The molecule has 2 aromatic rings. The molecular formula is C24H24ClN5O5S. The predicted octanol–water partition coefficient (Wildman–Crippen LogP) is 2.25. The molecule has 2 aromatic heterocycles. The van der Waals surface area contributed by atoms with Gasteiger partial charge in [0.1, 0.15) is 16.8 Å². The number of carbonyl (C=O) groups excluding carboxylic acids is 2. The molecule has 0 radical (unpaired) electrons. The van der Waals surface area contributed by atoms with Gasteiger partial charge in [-0.25, -0.2) is 9.97 Å². The zero-order valence-electron chi connectivity index (χ0n) is 19.3. The van der Waals surface area contributed by atoms with E-state index >= 15 is 0 Å². The van der Waals surface area contributed by atoms with Crippen LogP contribution in [-0.4, -0.2) is 60.9 Å². The van der Waals surface area contributed by atoms with E-state index < -0.39 is 28.2 Å². The largest absolute Gasteiger partial charge is 0.367 e. The Morgan fingerprint density at radius 3 is 2.69 bits per heavy atom. The van der Waals surface area contributed by atoms with Crippen molar-refractivity contribution in [2.24, 2.45) is 5.92 Å². The van der Waals surface area contributed by atoms with Crippen LogP contribution in [0, 0.1) is 5.92 Å². The zero-order chi connectivity index (χ0) is 25.7. The van der Waals surface area contributed by atoms with Gasteiger partial charge >= 0.3 is 0 Å². The van der Waals surface area contributed by atoms with E-state index in [9.17, 15) is 18.0 Å². The molecule has 0 aromatic carbocycles.